The van der Waals surface area contributed by atoms with E-state index in [1.165, 1.54) is 24.3 Å². The molecule has 2 heterocycles. The lowest BCUT2D eigenvalue weighted by molar-refractivity contribution is -0.137. The van der Waals surface area contributed by atoms with Crippen LogP contribution in [0.5, 0.6) is 5.75 Å². The lowest BCUT2D eigenvalue weighted by Gasteiger charge is -2.29. The van der Waals surface area contributed by atoms with E-state index in [1.807, 2.05) is 6.07 Å². The molecule has 3 atom stereocenters. The van der Waals surface area contributed by atoms with Crippen LogP contribution in [-0.2, 0) is 20.6 Å². The number of rotatable bonds is 4. The predicted octanol–water partition coefficient (Wildman–Crippen LogP) is 4.77. The number of anilines is 2. The largest absolute Gasteiger partial charge is 0.497 e. The fourth-order valence-electron chi connectivity index (χ4n) is 4.45. The van der Waals surface area contributed by atoms with Gasteiger partial charge in [0, 0.05) is 0 Å². The molecule has 0 saturated carbocycles. The van der Waals surface area contributed by atoms with Gasteiger partial charge in [0.2, 0.25) is 5.91 Å². The number of carbonyl (C=O) groups is 2. The van der Waals surface area contributed by atoms with Crippen molar-refractivity contribution >= 4 is 23.2 Å². The summed E-state index contributed by atoms with van der Waals surface area (Å²) in [6, 6.07) is 19.5. The van der Waals surface area contributed by atoms with Crippen LogP contribution in [0.3, 0.4) is 0 Å². The fourth-order valence-corrected chi connectivity index (χ4v) is 4.45. The molecule has 0 aromatic heterocycles. The van der Waals surface area contributed by atoms with Gasteiger partial charge in [-0.15, -0.1) is 0 Å². The molecule has 2 aliphatic rings. The summed E-state index contributed by atoms with van der Waals surface area (Å²) < 4.78 is 45.0. The maximum atomic E-state index is 13.6. The molecule has 0 bridgehead atoms. The minimum absolute atomic E-state index is 0.140. The zero-order valence-electron chi connectivity index (χ0n) is 17.9. The maximum Gasteiger partial charge on any atom is 0.416 e. The molecule has 2 amide bonds. The number of nitrogens with zero attached hydrogens (tertiary/aromatic N) is 2. The molecule has 2 aliphatic heterocycles. The molecule has 0 radical (unpaired) electrons. The smallest absolute Gasteiger partial charge is 0.416 e. The Bertz CT molecular complexity index is 1250. The Labute approximate surface area is 193 Å². The zero-order valence-corrected chi connectivity index (χ0v) is 17.9. The number of methoxy groups -OCH3 is 1. The molecule has 0 aliphatic carbocycles. The molecule has 2 fully saturated rings. The Morgan fingerprint density at radius 3 is 2.26 bits per heavy atom. The van der Waals surface area contributed by atoms with E-state index >= 15 is 0 Å². The monoisotopic (exact) mass is 468 g/mol. The molecule has 3 aromatic rings. The average molecular weight is 468 g/mol. The Morgan fingerprint density at radius 1 is 0.853 bits per heavy atom. The lowest BCUT2D eigenvalue weighted by Crippen LogP contribution is -2.37. The number of hydroxylamine groups is 1. The fraction of sp³-hybridized carbons (Fsp3) is 0.200. The van der Waals surface area contributed by atoms with E-state index in [-0.39, 0.29) is 5.69 Å². The van der Waals surface area contributed by atoms with E-state index in [4.69, 9.17) is 9.57 Å². The molecule has 6 nitrogen and oxygen atoms in total. The van der Waals surface area contributed by atoms with Gasteiger partial charge >= 0.3 is 6.18 Å². The Balaban J connectivity index is 1.58. The minimum Gasteiger partial charge on any atom is -0.497 e. The number of para-hydroxylation sites is 1. The SMILES string of the molecule is COc1cccc([C@@H]2[C@H]3C(=O)N(c4cccc(C(F)(F)F)c4)C(=O)[C@@H]3ON2c2ccccc2)c1. The molecule has 0 spiro atoms. The molecule has 174 valence electrons. The highest BCUT2D eigenvalue weighted by atomic mass is 19.4. The van der Waals surface area contributed by atoms with Gasteiger partial charge in [0.15, 0.2) is 6.10 Å². The summed E-state index contributed by atoms with van der Waals surface area (Å²) in [7, 11) is 1.52. The van der Waals surface area contributed by atoms with Crippen LogP contribution in [0.1, 0.15) is 17.2 Å². The Kier molecular flexibility index (Phi) is 5.28. The molecule has 5 rings (SSSR count). The predicted molar refractivity (Wildman–Crippen MR) is 117 cm³/mol. The first-order valence-corrected chi connectivity index (χ1v) is 10.5. The van der Waals surface area contributed by atoms with E-state index in [0.29, 0.717) is 17.0 Å². The van der Waals surface area contributed by atoms with Gasteiger partial charge in [-0.2, -0.15) is 13.2 Å². The molecule has 9 heteroatoms. The van der Waals surface area contributed by atoms with Crippen LogP contribution in [0.4, 0.5) is 24.5 Å². The highest BCUT2D eigenvalue weighted by molar-refractivity contribution is 6.24. The molecular weight excluding hydrogens is 449 g/mol. The number of halogens is 3. The average Bonchev–Trinajstić information content (AvgIpc) is 3.35. The number of carbonyl (C=O) groups excluding carboxylic acids is 2. The number of fused-ring (bicyclic) bond motifs is 1. The van der Waals surface area contributed by atoms with Crippen LogP contribution in [0.15, 0.2) is 78.9 Å². The summed E-state index contributed by atoms with van der Waals surface area (Å²) in [5.41, 5.74) is 0.219. The van der Waals surface area contributed by atoms with E-state index in [9.17, 15) is 22.8 Å². The van der Waals surface area contributed by atoms with Gasteiger partial charge in [-0.05, 0) is 48.0 Å². The van der Waals surface area contributed by atoms with Crippen LogP contribution < -0.4 is 14.7 Å². The zero-order chi connectivity index (χ0) is 24.0. The van der Waals surface area contributed by atoms with E-state index < -0.39 is 41.6 Å². The number of benzene rings is 3. The van der Waals surface area contributed by atoms with E-state index in [2.05, 4.69) is 0 Å². The van der Waals surface area contributed by atoms with Crippen molar-refractivity contribution in [1.29, 1.82) is 0 Å². The molecule has 34 heavy (non-hydrogen) atoms. The van der Waals surface area contributed by atoms with E-state index in [1.54, 1.807) is 48.5 Å². The van der Waals surface area contributed by atoms with Crippen molar-refractivity contribution in [2.45, 2.75) is 18.3 Å². The number of imide groups is 1. The van der Waals surface area contributed by atoms with Crippen molar-refractivity contribution < 1.29 is 32.3 Å². The third-order valence-electron chi connectivity index (χ3n) is 5.99. The summed E-state index contributed by atoms with van der Waals surface area (Å²) in [5, 5.41) is 1.52. The van der Waals surface area contributed by atoms with Crippen LogP contribution in [0.25, 0.3) is 0 Å². The Hall–Kier alpha value is -3.85. The number of alkyl halides is 3. The number of ether oxygens (including phenoxy) is 1. The summed E-state index contributed by atoms with van der Waals surface area (Å²) in [5.74, 6) is -1.74. The summed E-state index contributed by atoms with van der Waals surface area (Å²) in [6.45, 7) is 0. The Morgan fingerprint density at radius 2 is 1.56 bits per heavy atom. The van der Waals surface area contributed by atoms with Crippen LogP contribution in [0, 0.1) is 5.92 Å². The first-order valence-electron chi connectivity index (χ1n) is 10.5. The second-order valence-electron chi connectivity index (χ2n) is 7.99. The topological polar surface area (TPSA) is 59.1 Å². The van der Waals surface area contributed by atoms with Crippen LogP contribution in [0.2, 0.25) is 0 Å². The number of amides is 2. The van der Waals surface area contributed by atoms with Crippen LogP contribution in [-0.4, -0.2) is 25.0 Å². The lowest BCUT2D eigenvalue weighted by atomic mass is 9.90. The highest BCUT2D eigenvalue weighted by Gasteiger charge is 2.60. The van der Waals surface area contributed by atoms with Gasteiger partial charge in [0.25, 0.3) is 5.91 Å². The second kappa shape index (κ2) is 8.18. The van der Waals surface area contributed by atoms with Gasteiger partial charge in [-0.3, -0.25) is 14.4 Å². The molecular formula is C25H19F3N2O4. The van der Waals surface area contributed by atoms with Gasteiger partial charge in [0.05, 0.1) is 30.1 Å². The third kappa shape index (κ3) is 3.58. The second-order valence-corrected chi connectivity index (χ2v) is 7.99. The van der Waals surface area contributed by atoms with Gasteiger partial charge in [-0.25, -0.2) is 9.96 Å². The van der Waals surface area contributed by atoms with Gasteiger partial charge < -0.3 is 4.74 Å². The third-order valence-corrected chi connectivity index (χ3v) is 5.99. The van der Waals surface area contributed by atoms with Crippen molar-refractivity contribution in [3.8, 4) is 5.75 Å². The minimum atomic E-state index is -4.61. The summed E-state index contributed by atoms with van der Waals surface area (Å²) in [4.78, 5) is 33.6. The molecule has 3 aromatic carbocycles. The standard InChI is InChI=1S/C25H19F3N2O4/c1-33-19-12-5-7-15(13-19)21-20-22(34-30(21)17-9-3-2-4-10-17)24(32)29(23(20)31)18-11-6-8-16(14-18)25(26,27)28/h2-14,20-22H,1H3/t20-,21-,22-/m1/s1. The number of hydrogen-bond donors (Lipinski definition) is 0. The number of hydrogen-bond acceptors (Lipinski definition) is 5. The molecule has 2 saturated heterocycles. The normalized spacial score (nSPS) is 22.3. The van der Waals surface area contributed by atoms with Crippen molar-refractivity contribution in [3.63, 3.8) is 0 Å². The van der Waals surface area contributed by atoms with Gasteiger partial charge in [-0.1, -0.05) is 36.4 Å². The first-order chi connectivity index (χ1) is 16.3. The van der Waals surface area contributed by atoms with Crippen LogP contribution >= 0.6 is 0 Å². The van der Waals surface area contributed by atoms with Crippen molar-refractivity contribution in [2.24, 2.45) is 5.92 Å². The molecule has 0 unspecified atom stereocenters. The quantitative estimate of drug-likeness (QED) is 0.517. The molecule has 0 N–H and O–H groups in total. The summed E-state index contributed by atoms with van der Waals surface area (Å²) >= 11 is 0. The maximum absolute atomic E-state index is 13.6. The summed E-state index contributed by atoms with van der Waals surface area (Å²) in [6.07, 6.45) is -5.79. The first kappa shape index (κ1) is 22.0. The van der Waals surface area contributed by atoms with E-state index in [0.717, 1.165) is 17.0 Å². The van der Waals surface area contributed by atoms with Crippen molar-refractivity contribution in [2.75, 3.05) is 17.1 Å². The van der Waals surface area contributed by atoms with Crippen molar-refractivity contribution in [3.05, 3.63) is 90.0 Å². The van der Waals surface area contributed by atoms with Crippen molar-refractivity contribution in [1.82, 2.24) is 0 Å². The van der Waals surface area contributed by atoms with Gasteiger partial charge in [0.1, 0.15) is 11.7 Å². The highest BCUT2D eigenvalue weighted by Crippen LogP contribution is 2.48.